The summed E-state index contributed by atoms with van der Waals surface area (Å²) >= 11 is 6.00. The Morgan fingerprint density at radius 1 is 1.37 bits per heavy atom. The van der Waals surface area contributed by atoms with Gasteiger partial charge in [-0.05, 0) is 75.8 Å². The number of halogens is 1. The van der Waals surface area contributed by atoms with Gasteiger partial charge in [0.05, 0.1) is 0 Å². The molecule has 19 heavy (non-hydrogen) atoms. The molecule has 104 valence electrons. The Kier molecular flexibility index (Phi) is 3.72. The topological polar surface area (TPSA) is 21.3 Å². The van der Waals surface area contributed by atoms with Gasteiger partial charge >= 0.3 is 0 Å². The molecule has 0 bridgehead atoms. The summed E-state index contributed by atoms with van der Waals surface area (Å²) < 4.78 is 6.33. The number of ether oxygens (including phenoxy) is 1. The monoisotopic (exact) mass is 279 g/mol. The molecule has 0 aromatic heterocycles. The minimum Gasteiger partial charge on any atom is -0.487 e. The van der Waals surface area contributed by atoms with Gasteiger partial charge in [-0.1, -0.05) is 11.6 Å². The highest BCUT2D eigenvalue weighted by atomic mass is 35.5. The van der Waals surface area contributed by atoms with Crippen molar-refractivity contribution >= 4 is 11.6 Å². The van der Waals surface area contributed by atoms with Crippen LogP contribution >= 0.6 is 11.6 Å². The van der Waals surface area contributed by atoms with E-state index >= 15 is 0 Å². The van der Waals surface area contributed by atoms with Crippen molar-refractivity contribution in [2.75, 3.05) is 6.54 Å². The molecule has 0 saturated heterocycles. The summed E-state index contributed by atoms with van der Waals surface area (Å²) in [6, 6.07) is 6.69. The van der Waals surface area contributed by atoms with Crippen LogP contribution in [0.15, 0.2) is 18.2 Å². The van der Waals surface area contributed by atoms with Crippen LogP contribution in [-0.2, 0) is 0 Å². The van der Waals surface area contributed by atoms with Gasteiger partial charge in [0.1, 0.15) is 11.4 Å². The second-order valence-electron chi connectivity index (χ2n) is 6.03. The first-order chi connectivity index (χ1) is 9.17. The summed E-state index contributed by atoms with van der Waals surface area (Å²) in [5, 5.41) is 4.37. The van der Waals surface area contributed by atoms with E-state index in [0.29, 0.717) is 0 Å². The van der Waals surface area contributed by atoms with Crippen LogP contribution in [-0.4, -0.2) is 18.2 Å². The highest BCUT2D eigenvalue weighted by molar-refractivity contribution is 6.30. The Hall–Kier alpha value is -0.730. The minimum atomic E-state index is 0.0699. The third kappa shape index (κ3) is 3.24. The van der Waals surface area contributed by atoms with Crippen molar-refractivity contribution in [1.82, 2.24) is 5.32 Å². The van der Waals surface area contributed by atoms with Crippen molar-refractivity contribution in [3.8, 4) is 5.75 Å². The van der Waals surface area contributed by atoms with Crippen LogP contribution in [0.5, 0.6) is 5.75 Å². The molecule has 2 nitrogen and oxygen atoms in total. The van der Waals surface area contributed by atoms with E-state index in [9.17, 15) is 0 Å². The molecule has 0 heterocycles. The van der Waals surface area contributed by atoms with Gasteiger partial charge in [-0.25, -0.2) is 0 Å². The SMILES string of the molecule is Cc1cc(Cl)ccc1OC1(CCNC2CC2)CCC1. The van der Waals surface area contributed by atoms with Gasteiger partial charge in [0, 0.05) is 11.1 Å². The number of hydrogen-bond acceptors (Lipinski definition) is 2. The quantitative estimate of drug-likeness (QED) is 0.847. The molecule has 2 aliphatic carbocycles. The Bertz CT molecular complexity index is 452. The summed E-state index contributed by atoms with van der Waals surface area (Å²) in [6.07, 6.45) is 7.47. The first-order valence-corrected chi connectivity index (χ1v) is 7.73. The van der Waals surface area contributed by atoms with Crippen molar-refractivity contribution in [1.29, 1.82) is 0 Å². The van der Waals surface area contributed by atoms with Crippen molar-refractivity contribution in [2.24, 2.45) is 0 Å². The summed E-state index contributed by atoms with van der Waals surface area (Å²) in [5.41, 5.74) is 1.20. The lowest BCUT2D eigenvalue weighted by molar-refractivity contribution is -0.0148. The summed E-state index contributed by atoms with van der Waals surface area (Å²) in [5.74, 6) is 0.996. The maximum Gasteiger partial charge on any atom is 0.123 e. The lowest BCUT2D eigenvalue weighted by atomic mass is 9.77. The Morgan fingerprint density at radius 3 is 2.74 bits per heavy atom. The summed E-state index contributed by atoms with van der Waals surface area (Å²) in [4.78, 5) is 0. The van der Waals surface area contributed by atoms with Crippen LogP contribution in [0.4, 0.5) is 0 Å². The summed E-state index contributed by atoms with van der Waals surface area (Å²) in [7, 11) is 0. The van der Waals surface area contributed by atoms with Crippen molar-refractivity contribution in [3.05, 3.63) is 28.8 Å². The molecule has 2 saturated carbocycles. The molecular weight excluding hydrogens is 258 g/mol. The van der Waals surface area contributed by atoms with E-state index in [1.165, 1.54) is 32.1 Å². The van der Waals surface area contributed by atoms with Gasteiger partial charge in [0.15, 0.2) is 0 Å². The van der Waals surface area contributed by atoms with Gasteiger partial charge in [-0.15, -0.1) is 0 Å². The fourth-order valence-corrected chi connectivity index (χ4v) is 2.95. The van der Waals surface area contributed by atoms with E-state index in [1.54, 1.807) is 0 Å². The zero-order chi connectivity index (χ0) is 13.3. The molecule has 0 aliphatic heterocycles. The van der Waals surface area contributed by atoms with Crippen LogP contribution in [0.2, 0.25) is 5.02 Å². The van der Waals surface area contributed by atoms with Gasteiger partial charge < -0.3 is 10.1 Å². The van der Waals surface area contributed by atoms with E-state index in [-0.39, 0.29) is 5.60 Å². The average Bonchev–Trinajstić information content (AvgIpc) is 3.13. The average molecular weight is 280 g/mol. The Labute approximate surface area is 120 Å². The molecule has 0 radical (unpaired) electrons. The standard InChI is InChI=1S/C16H22ClNO/c1-12-11-13(17)3-6-15(12)19-16(7-2-8-16)9-10-18-14-4-5-14/h3,6,11,14,18H,2,4-5,7-10H2,1H3. The smallest absolute Gasteiger partial charge is 0.123 e. The van der Waals surface area contributed by atoms with Crippen LogP contribution in [0, 0.1) is 6.92 Å². The van der Waals surface area contributed by atoms with E-state index < -0.39 is 0 Å². The van der Waals surface area contributed by atoms with E-state index in [2.05, 4.69) is 12.2 Å². The third-order valence-corrected chi connectivity index (χ3v) is 4.55. The number of aryl methyl sites for hydroxylation is 1. The number of nitrogens with one attached hydrogen (secondary N) is 1. The fourth-order valence-electron chi connectivity index (χ4n) is 2.73. The predicted molar refractivity (Wildman–Crippen MR) is 79.0 cm³/mol. The highest BCUT2D eigenvalue weighted by Gasteiger charge is 2.39. The molecule has 1 aromatic carbocycles. The van der Waals surface area contributed by atoms with Crippen molar-refractivity contribution < 1.29 is 4.74 Å². The van der Waals surface area contributed by atoms with E-state index in [0.717, 1.165) is 35.3 Å². The van der Waals surface area contributed by atoms with Crippen LogP contribution in [0.3, 0.4) is 0 Å². The molecule has 3 rings (SSSR count). The molecule has 1 N–H and O–H groups in total. The zero-order valence-corrected chi connectivity index (χ0v) is 12.3. The maximum absolute atomic E-state index is 6.33. The molecule has 0 amide bonds. The lowest BCUT2D eigenvalue weighted by Gasteiger charge is -2.42. The molecule has 1 aromatic rings. The largest absolute Gasteiger partial charge is 0.487 e. The Balaban J connectivity index is 1.60. The number of rotatable bonds is 6. The second-order valence-corrected chi connectivity index (χ2v) is 6.46. The highest BCUT2D eigenvalue weighted by Crippen LogP contribution is 2.40. The van der Waals surface area contributed by atoms with E-state index in [4.69, 9.17) is 16.3 Å². The lowest BCUT2D eigenvalue weighted by Crippen LogP contribution is -2.45. The predicted octanol–water partition coefficient (Wildman–Crippen LogP) is 4.09. The first kappa shape index (κ1) is 13.3. The molecule has 0 spiro atoms. The number of hydrogen-bond donors (Lipinski definition) is 1. The second kappa shape index (κ2) is 5.34. The van der Waals surface area contributed by atoms with Gasteiger partial charge in [0.25, 0.3) is 0 Å². The third-order valence-electron chi connectivity index (χ3n) is 4.32. The fraction of sp³-hybridized carbons (Fsp3) is 0.625. The first-order valence-electron chi connectivity index (χ1n) is 7.35. The Morgan fingerprint density at radius 2 is 2.16 bits per heavy atom. The van der Waals surface area contributed by atoms with Crippen molar-refractivity contribution in [3.63, 3.8) is 0 Å². The van der Waals surface area contributed by atoms with Gasteiger partial charge in [0.2, 0.25) is 0 Å². The van der Waals surface area contributed by atoms with Crippen LogP contribution in [0.25, 0.3) is 0 Å². The molecule has 2 aliphatic rings. The number of benzene rings is 1. The van der Waals surface area contributed by atoms with E-state index in [1.807, 2.05) is 18.2 Å². The summed E-state index contributed by atoms with van der Waals surface area (Å²) in [6.45, 7) is 3.15. The maximum atomic E-state index is 6.33. The van der Waals surface area contributed by atoms with Gasteiger partial charge in [-0.3, -0.25) is 0 Å². The van der Waals surface area contributed by atoms with Crippen molar-refractivity contribution in [2.45, 2.75) is 57.1 Å². The van der Waals surface area contributed by atoms with Crippen LogP contribution in [0.1, 0.15) is 44.1 Å². The van der Waals surface area contributed by atoms with Crippen LogP contribution < -0.4 is 10.1 Å². The molecule has 3 heteroatoms. The van der Waals surface area contributed by atoms with Gasteiger partial charge in [-0.2, -0.15) is 0 Å². The minimum absolute atomic E-state index is 0.0699. The molecular formula is C16H22ClNO. The normalized spacial score (nSPS) is 20.9. The molecule has 2 fully saturated rings. The molecule has 0 unspecified atom stereocenters. The zero-order valence-electron chi connectivity index (χ0n) is 11.5. The molecule has 0 atom stereocenters.